The predicted octanol–water partition coefficient (Wildman–Crippen LogP) is 3.15. The van der Waals surface area contributed by atoms with Crippen molar-refractivity contribution in [3.05, 3.63) is 23.8 Å². The van der Waals surface area contributed by atoms with Gasteiger partial charge in [0, 0.05) is 0 Å². The second kappa shape index (κ2) is 4.68. The monoisotopic (exact) mass is 228 g/mol. The summed E-state index contributed by atoms with van der Waals surface area (Å²) in [5.74, 6) is -1.54. The SMILES string of the molecule is CCOc1ccc(OCC2CC2)c(F)c1F. The van der Waals surface area contributed by atoms with Crippen LogP contribution in [0.25, 0.3) is 0 Å². The van der Waals surface area contributed by atoms with Gasteiger partial charge in [-0.25, -0.2) is 0 Å². The third kappa shape index (κ3) is 2.43. The molecule has 1 saturated carbocycles. The summed E-state index contributed by atoms with van der Waals surface area (Å²) in [6, 6.07) is 2.80. The molecule has 2 nitrogen and oxygen atoms in total. The number of ether oxygens (including phenoxy) is 2. The average molecular weight is 228 g/mol. The van der Waals surface area contributed by atoms with Crippen LogP contribution in [0.4, 0.5) is 8.78 Å². The first-order valence-corrected chi connectivity index (χ1v) is 5.46. The zero-order valence-corrected chi connectivity index (χ0v) is 9.13. The molecule has 1 aliphatic rings. The molecule has 0 amide bonds. The molecule has 2 rings (SSSR count). The highest BCUT2D eigenvalue weighted by Gasteiger charge is 2.23. The van der Waals surface area contributed by atoms with Gasteiger partial charge in [0.1, 0.15) is 0 Å². The van der Waals surface area contributed by atoms with E-state index < -0.39 is 11.6 Å². The molecule has 88 valence electrons. The minimum absolute atomic E-state index is 0.0344. The molecule has 0 N–H and O–H groups in total. The fraction of sp³-hybridized carbons (Fsp3) is 0.500. The Morgan fingerprint density at radius 3 is 2.19 bits per heavy atom. The summed E-state index contributed by atoms with van der Waals surface area (Å²) in [5.41, 5.74) is 0. The Morgan fingerprint density at radius 1 is 1.12 bits per heavy atom. The fourth-order valence-corrected chi connectivity index (χ4v) is 1.38. The molecule has 0 aliphatic heterocycles. The molecule has 0 unspecified atom stereocenters. The Morgan fingerprint density at radius 2 is 1.69 bits per heavy atom. The predicted molar refractivity (Wildman–Crippen MR) is 55.7 cm³/mol. The second-order valence-electron chi connectivity index (χ2n) is 3.88. The van der Waals surface area contributed by atoms with E-state index in [0.717, 1.165) is 12.8 Å². The molecule has 0 bridgehead atoms. The lowest BCUT2D eigenvalue weighted by Gasteiger charge is -2.09. The zero-order valence-electron chi connectivity index (χ0n) is 9.13. The van der Waals surface area contributed by atoms with Crippen molar-refractivity contribution in [2.45, 2.75) is 19.8 Å². The molecular formula is C12H14F2O2. The van der Waals surface area contributed by atoms with E-state index in [1.807, 2.05) is 0 Å². The lowest BCUT2D eigenvalue weighted by molar-refractivity contribution is 0.271. The van der Waals surface area contributed by atoms with Gasteiger partial charge in [0.05, 0.1) is 13.2 Å². The highest BCUT2D eigenvalue weighted by Crippen LogP contribution is 2.32. The Bertz CT molecular complexity index is 376. The van der Waals surface area contributed by atoms with E-state index in [1.54, 1.807) is 6.92 Å². The second-order valence-corrected chi connectivity index (χ2v) is 3.88. The molecule has 0 atom stereocenters. The van der Waals surface area contributed by atoms with Crippen LogP contribution in [0.2, 0.25) is 0 Å². The molecule has 0 heterocycles. The van der Waals surface area contributed by atoms with Crippen molar-refractivity contribution < 1.29 is 18.3 Å². The highest BCUT2D eigenvalue weighted by atomic mass is 19.2. The zero-order chi connectivity index (χ0) is 11.5. The van der Waals surface area contributed by atoms with E-state index >= 15 is 0 Å². The van der Waals surface area contributed by atoms with Gasteiger partial charge in [-0.1, -0.05) is 0 Å². The summed E-state index contributed by atoms with van der Waals surface area (Å²) >= 11 is 0. The maximum Gasteiger partial charge on any atom is 0.204 e. The number of benzene rings is 1. The first kappa shape index (κ1) is 11.2. The van der Waals surface area contributed by atoms with Gasteiger partial charge in [-0.05, 0) is 37.8 Å². The van der Waals surface area contributed by atoms with E-state index in [-0.39, 0.29) is 11.5 Å². The van der Waals surface area contributed by atoms with Crippen LogP contribution >= 0.6 is 0 Å². The molecule has 0 radical (unpaired) electrons. The van der Waals surface area contributed by atoms with E-state index in [2.05, 4.69) is 0 Å². The summed E-state index contributed by atoms with van der Waals surface area (Å²) in [5, 5.41) is 0. The number of hydrogen-bond donors (Lipinski definition) is 0. The highest BCUT2D eigenvalue weighted by molar-refractivity contribution is 5.35. The van der Waals surface area contributed by atoms with Crippen LogP contribution < -0.4 is 9.47 Å². The van der Waals surface area contributed by atoms with Gasteiger partial charge in [-0.3, -0.25) is 0 Å². The van der Waals surface area contributed by atoms with Crippen molar-refractivity contribution in [2.75, 3.05) is 13.2 Å². The average Bonchev–Trinajstić information content (AvgIpc) is 3.08. The standard InChI is InChI=1S/C12H14F2O2/c1-2-15-9-5-6-10(12(14)11(9)13)16-7-8-3-4-8/h5-6,8H,2-4,7H2,1H3. The van der Waals surface area contributed by atoms with Crippen LogP contribution in [0.1, 0.15) is 19.8 Å². The van der Waals surface area contributed by atoms with Crippen molar-refractivity contribution >= 4 is 0 Å². The van der Waals surface area contributed by atoms with Crippen molar-refractivity contribution in [2.24, 2.45) is 5.92 Å². The smallest absolute Gasteiger partial charge is 0.204 e. The minimum atomic E-state index is -0.977. The summed E-state index contributed by atoms with van der Waals surface area (Å²) in [6.45, 7) is 2.48. The number of halogens is 2. The fourth-order valence-electron chi connectivity index (χ4n) is 1.38. The summed E-state index contributed by atoms with van der Waals surface area (Å²) in [6.07, 6.45) is 2.22. The molecule has 4 heteroatoms. The summed E-state index contributed by atoms with van der Waals surface area (Å²) < 4.78 is 37.0. The Balaban J connectivity index is 2.09. The molecule has 1 fully saturated rings. The first-order valence-electron chi connectivity index (χ1n) is 5.46. The van der Waals surface area contributed by atoms with Crippen LogP contribution in [-0.4, -0.2) is 13.2 Å². The lowest BCUT2D eigenvalue weighted by atomic mass is 10.3. The van der Waals surface area contributed by atoms with Gasteiger partial charge in [0.2, 0.25) is 11.6 Å². The first-order chi connectivity index (χ1) is 7.72. The van der Waals surface area contributed by atoms with Gasteiger partial charge < -0.3 is 9.47 Å². The summed E-state index contributed by atoms with van der Waals surface area (Å²) in [7, 11) is 0. The van der Waals surface area contributed by atoms with E-state index in [4.69, 9.17) is 9.47 Å². The third-order valence-corrected chi connectivity index (χ3v) is 2.48. The van der Waals surface area contributed by atoms with Gasteiger partial charge in [-0.2, -0.15) is 8.78 Å². The topological polar surface area (TPSA) is 18.5 Å². The largest absolute Gasteiger partial charge is 0.491 e. The molecule has 1 aromatic rings. The van der Waals surface area contributed by atoms with Crippen LogP contribution in [0.3, 0.4) is 0 Å². The molecule has 0 saturated heterocycles. The van der Waals surface area contributed by atoms with Gasteiger partial charge in [0.25, 0.3) is 0 Å². The minimum Gasteiger partial charge on any atom is -0.491 e. The molecule has 1 aliphatic carbocycles. The van der Waals surface area contributed by atoms with Crippen LogP contribution in [0, 0.1) is 17.6 Å². The lowest BCUT2D eigenvalue weighted by Crippen LogP contribution is -2.03. The van der Waals surface area contributed by atoms with E-state index in [0.29, 0.717) is 19.1 Å². The van der Waals surface area contributed by atoms with E-state index in [1.165, 1.54) is 12.1 Å². The van der Waals surface area contributed by atoms with Crippen molar-refractivity contribution in [1.82, 2.24) is 0 Å². The Hall–Kier alpha value is -1.32. The maximum atomic E-state index is 13.5. The van der Waals surface area contributed by atoms with Gasteiger partial charge in [-0.15, -0.1) is 0 Å². The maximum absolute atomic E-state index is 13.5. The number of rotatable bonds is 5. The summed E-state index contributed by atoms with van der Waals surface area (Å²) in [4.78, 5) is 0. The molecule has 0 aromatic heterocycles. The molecule has 1 aromatic carbocycles. The third-order valence-electron chi connectivity index (χ3n) is 2.48. The normalized spacial score (nSPS) is 14.9. The van der Waals surface area contributed by atoms with Crippen molar-refractivity contribution in [3.8, 4) is 11.5 Å². The van der Waals surface area contributed by atoms with Crippen LogP contribution in [0.15, 0.2) is 12.1 Å². The quantitative estimate of drug-likeness (QED) is 0.770. The van der Waals surface area contributed by atoms with E-state index in [9.17, 15) is 8.78 Å². The van der Waals surface area contributed by atoms with Crippen molar-refractivity contribution in [1.29, 1.82) is 0 Å². The molecule has 0 spiro atoms. The van der Waals surface area contributed by atoms with Gasteiger partial charge in [0.15, 0.2) is 11.5 Å². The number of hydrogen-bond acceptors (Lipinski definition) is 2. The Kier molecular flexibility index (Phi) is 3.27. The van der Waals surface area contributed by atoms with Crippen molar-refractivity contribution in [3.63, 3.8) is 0 Å². The van der Waals surface area contributed by atoms with Gasteiger partial charge >= 0.3 is 0 Å². The molecular weight excluding hydrogens is 214 g/mol. The van der Waals surface area contributed by atoms with Crippen LogP contribution in [0.5, 0.6) is 11.5 Å². The van der Waals surface area contributed by atoms with Crippen LogP contribution in [-0.2, 0) is 0 Å². The molecule has 16 heavy (non-hydrogen) atoms. The Labute approximate surface area is 93.2 Å².